The molecule has 14 heteroatoms. The van der Waals surface area contributed by atoms with Gasteiger partial charge in [-0.2, -0.15) is 0 Å². The standard InChI is InChI=1S/C52H97O13P/c1-3-5-7-9-11-13-15-17-19-20-21-22-23-24-25-26-27-29-30-32-34-36-38-40-45(53)62-42-44(43-63-66(60,61)65-52-50(58)48(56)47(55)49(57)51(52)59)64-46(54)41-39-37-35-33-31-28-18-16-14-12-10-8-6-4-2/h10,12,16,18,44,47-52,55-59H,3-9,11,13-15,17,19-43H2,1-2H3,(H,60,61)/b12-10-,18-16-. The highest BCUT2D eigenvalue weighted by molar-refractivity contribution is 7.47. The van der Waals surface area contributed by atoms with E-state index in [0.29, 0.717) is 12.8 Å². The molecule has 66 heavy (non-hydrogen) atoms. The van der Waals surface area contributed by atoms with Crippen molar-refractivity contribution in [2.75, 3.05) is 13.2 Å². The average Bonchev–Trinajstić information content (AvgIpc) is 3.30. The Balaban J connectivity index is 2.33. The Labute approximate surface area is 400 Å². The van der Waals surface area contributed by atoms with Crippen LogP contribution in [0.3, 0.4) is 0 Å². The average molecular weight is 961 g/mol. The van der Waals surface area contributed by atoms with E-state index in [-0.39, 0.29) is 12.8 Å². The lowest BCUT2D eigenvalue weighted by atomic mass is 9.85. The molecule has 1 aliphatic rings. The van der Waals surface area contributed by atoms with Crippen molar-refractivity contribution in [2.45, 2.75) is 281 Å². The van der Waals surface area contributed by atoms with Crippen molar-refractivity contribution in [1.82, 2.24) is 0 Å². The number of carbonyl (C=O) groups is 2. The van der Waals surface area contributed by atoms with E-state index >= 15 is 0 Å². The zero-order chi connectivity index (χ0) is 48.5. The van der Waals surface area contributed by atoms with Crippen molar-refractivity contribution in [3.63, 3.8) is 0 Å². The molecule has 0 bridgehead atoms. The van der Waals surface area contributed by atoms with Crippen LogP contribution >= 0.6 is 7.82 Å². The first kappa shape index (κ1) is 62.3. The second kappa shape index (κ2) is 42.2. The van der Waals surface area contributed by atoms with E-state index in [9.17, 15) is 44.6 Å². The summed E-state index contributed by atoms with van der Waals surface area (Å²) in [7, 11) is -5.12. The highest BCUT2D eigenvalue weighted by atomic mass is 31.2. The molecule has 0 spiro atoms. The van der Waals surface area contributed by atoms with Gasteiger partial charge in [-0.05, 0) is 38.5 Å². The number of aliphatic hydroxyl groups excluding tert-OH is 5. The molecular weight excluding hydrogens is 864 g/mol. The van der Waals surface area contributed by atoms with Crippen LogP contribution in [0, 0.1) is 0 Å². The SMILES string of the molecule is CCCC/C=C\C/C=C\CCCCCCCC(=O)OC(COC(=O)CCCCCCCCCCCCCCCCCCCCCCCCC)COP(=O)(O)OC1C(O)C(O)C(O)C(O)C1O. The molecule has 1 fully saturated rings. The van der Waals surface area contributed by atoms with Crippen molar-refractivity contribution in [1.29, 1.82) is 0 Å². The maximum absolute atomic E-state index is 12.8. The number of allylic oxidation sites excluding steroid dienone is 4. The van der Waals surface area contributed by atoms with Crippen molar-refractivity contribution < 1.29 is 63.1 Å². The fourth-order valence-corrected chi connectivity index (χ4v) is 9.22. The number of aliphatic hydroxyl groups is 5. The highest BCUT2D eigenvalue weighted by Crippen LogP contribution is 2.47. The van der Waals surface area contributed by atoms with Gasteiger partial charge in [0.2, 0.25) is 0 Å². The molecule has 6 N–H and O–H groups in total. The van der Waals surface area contributed by atoms with Crippen LogP contribution < -0.4 is 0 Å². The first-order valence-electron chi connectivity index (χ1n) is 26.6. The number of phosphoric acid groups is 1. The van der Waals surface area contributed by atoms with Gasteiger partial charge in [0.05, 0.1) is 6.61 Å². The van der Waals surface area contributed by atoms with Gasteiger partial charge in [0.1, 0.15) is 43.2 Å². The van der Waals surface area contributed by atoms with E-state index in [1.807, 2.05) is 0 Å². The van der Waals surface area contributed by atoms with Crippen molar-refractivity contribution in [3.8, 4) is 0 Å². The third-order valence-electron chi connectivity index (χ3n) is 12.5. The molecule has 0 aliphatic heterocycles. The molecule has 0 amide bonds. The van der Waals surface area contributed by atoms with Gasteiger partial charge in [0.15, 0.2) is 6.10 Å². The van der Waals surface area contributed by atoms with Gasteiger partial charge in [0.25, 0.3) is 0 Å². The minimum atomic E-state index is -5.12. The number of hydrogen-bond donors (Lipinski definition) is 6. The monoisotopic (exact) mass is 961 g/mol. The summed E-state index contributed by atoms with van der Waals surface area (Å²) in [6.07, 6.45) is 35.2. The molecule has 13 nitrogen and oxygen atoms in total. The number of ether oxygens (including phenoxy) is 2. The Morgan fingerprint density at radius 2 is 0.833 bits per heavy atom. The summed E-state index contributed by atoms with van der Waals surface area (Å²) in [4.78, 5) is 35.8. The van der Waals surface area contributed by atoms with E-state index in [2.05, 4.69) is 38.2 Å². The van der Waals surface area contributed by atoms with E-state index in [4.69, 9.17) is 18.5 Å². The van der Waals surface area contributed by atoms with Crippen LogP contribution in [0.15, 0.2) is 24.3 Å². The molecule has 0 radical (unpaired) electrons. The minimum Gasteiger partial charge on any atom is -0.462 e. The van der Waals surface area contributed by atoms with E-state index in [1.165, 1.54) is 135 Å². The van der Waals surface area contributed by atoms with Gasteiger partial charge >= 0.3 is 19.8 Å². The summed E-state index contributed by atoms with van der Waals surface area (Å²) >= 11 is 0. The van der Waals surface area contributed by atoms with Crippen LogP contribution in [0.2, 0.25) is 0 Å². The normalized spacial score (nSPS) is 21.4. The van der Waals surface area contributed by atoms with Gasteiger partial charge in [-0.1, -0.05) is 212 Å². The Bertz CT molecular complexity index is 1250. The Hall–Kier alpha value is -1.67. The van der Waals surface area contributed by atoms with Crippen molar-refractivity contribution in [2.24, 2.45) is 0 Å². The van der Waals surface area contributed by atoms with Gasteiger partial charge in [-0.25, -0.2) is 4.57 Å². The van der Waals surface area contributed by atoms with E-state index in [0.717, 1.165) is 64.2 Å². The summed E-state index contributed by atoms with van der Waals surface area (Å²) in [5, 5.41) is 50.3. The van der Waals surface area contributed by atoms with E-state index in [1.54, 1.807) is 0 Å². The molecule has 0 saturated heterocycles. The zero-order valence-electron chi connectivity index (χ0n) is 41.5. The van der Waals surface area contributed by atoms with Crippen LogP contribution in [0.5, 0.6) is 0 Å². The highest BCUT2D eigenvalue weighted by Gasteiger charge is 2.51. The third kappa shape index (κ3) is 33.8. The largest absolute Gasteiger partial charge is 0.472 e. The lowest BCUT2D eigenvalue weighted by Crippen LogP contribution is -2.64. The quantitative estimate of drug-likeness (QED) is 0.0145. The van der Waals surface area contributed by atoms with Crippen LogP contribution in [0.4, 0.5) is 0 Å². The molecule has 6 atom stereocenters. The van der Waals surface area contributed by atoms with Crippen molar-refractivity contribution in [3.05, 3.63) is 24.3 Å². The molecule has 0 aromatic heterocycles. The number of unbranched alkanes of at least 4 members (excludes halogenated alkanes) is 29. The van der Waals surface area contributed by atoms with Gasteiger partial charge in [0, 0.05) is 12.8 Å². The Morgan fingerprint density at radius 3 is 1.27 bits per heavy atom. The summed E-state index contributed by atoms with van der Waals surface area (Å²) in [6.45, 7) is 3.28. The number of hydrogen-bond acceptors (Lipinski definition) is 12. The maximum Gasteiger partial charge on any atom is 0.472 e. The van der Waals surface area contributed by atoms with Crippen molar-refractivity contribution >= 4 is 19.8 Å². The smallest absolute Gasteiger partial charge is 0.462 e. The number of phosphoric ester groups is 1. The summed E-state index contributed by atoms with van der Waals surface area (Å²) in [5.74, 6) is -1.10. The molecule has 1 saturated carbocycles. The number of carbonyl (C=O) groups excluding carboxylic acids is 2. The van der Waals surface area contributed by atoms with Gasteiger partial charge in [-0.3, -0.25) is 18.6 Å². The topological polar surface area (TPSA) is 210 Å². The molecule has 0 aromatic rings. The number of rotatable bonds is 45. The molecule has 388 valence electrons. The first-order chi connectivity index (χ1) is 31.9. The third-order valence-corrected chi connectivity index (χ3v) is 13.5. The van der Waals surface area contributed by atoms with Crippen LogP contribution in [-0.4, -0.2) is 98.3 Å². The summed E-state index contributed by atoms with van der Waals surface area (Å²) in [5.41, 5.74) is 0. The Morgan fingerprint density at radius 1 is 0.470 bits per heavy atom. The zero-order valence-corrected chi connectivity index (χ0v) is 42.4. The van der Waals surface area contributed by atoms with Gasteiger partial charge in [-0.15, -0.1) is 0 Å². The van der Waals surface area contributed by atoms with Gasteiger partial charge < -0.3 is 39.9 Å². The number of esters is 2. The molecule has 1 rings (SSSR count). The van der Waals surface area contributed by atoms with E-state index < -0.39 is 75.7 Å². The fourth-order valence-electron chi connectivity index (χ4n) is 8.25. The fraction of sp³-hybridized carbons (Fsp3) is 0.885. The second-order valence-corrected chi connectivity index (χ2v) is 20.1. The predicted molar refractivity (Wildman–Crippen MR) is 263 cm³/mol. The maximum atomic E-state index is 12.8. The minimum absolute atomic E-state index is 0.0834. The predicted octanol–water partition coefficient (Wildman–Crippen LogP) is 11.6. The van der Waals surface area contributed by atoms with Crippen LogP contribution in [0.25, 0.3) is 0 Å². The molecule has 6 unspecified atom stereocenters. The van der Waals surface area contributed by atoms with Crippen LogP contribution in [-0.2, 0) is 32.7 Å². The lowest BCUT2D eigenvalue weighted by Gasteiger charge is -2.41. The molecule has 1 aliphatic carbocycles. The molecule has 0 heterocycles. The first-order valence-corrected chi connectivity index (χ1v) is 28.1. The summed E-state index contributed by atoms with van der Waals surface area (Å²) < 4.78 is 33.6. The van der Waals surface area contributed by atoms with Crippen LogP contribution in [0.1, 0.15) is 239 Å². The Kier molecular flexibility index (Phi) is 39.9. The summed E-state index contributed by atoms with van der Waals surface area (Å²) in [6, 6.07) is 0. The molecule has 0 aromatic carbocycles. The molecular formula is C52H97O13P. The lowest BCUT2D eigenvalue weighted by molar-refractivity contribution is -0.220. The second-order valence-electron chi connectivity index (χ2n) is 18.7.